The second-order valence-corrected chi connectivity index (χ2v) is 9.54. The molecule has 0 heterocycles. The van der Waals surface area contributed by atoms with E-state index in [0.717, 1.165) is 12.0 Å². The molecule has 2 nitrogen and oxygen atoms in total. The minimum atomic E-state index is -0.303. The number of benzene rings is 2. The maximum Gasteiger partial charge on any atom is 0.337 e. The lowest BCUT2D eigenvalue weighted by Crippen LogP contribution is -2.25. The van der Waals surface area contributed by atoms with Gasteiger partial charge in [0.25, 0.3) is 0 Å². The predicted octanol–water partition coefficient (Wildman–Crippen LogP) is 6.67. The molecule has 0 bridgehead atoms. The van der Waals surface area contributed by atoms with Crippen LogP contribution in [0.3, 0.4) is 0 Å². The third-order valence-electron chi connectivity index (χ3n) is 6.00. The first-order chi connectivity index (χ1) is 13.1. The van der Waals surface area contributed by atoms with Gasteiger partial charge in [0.05, 0.1) is 12.7 Å². The Kier molecular flexibility index (Phi) is 5.52. The maximum atomic E-state index is 11.6. The fraction of sp³-hybridized carbons (Fsp3) is 0.423. The SMILES string of the molecule is COC(=O)c1ccc(C=C(C)c2ccc3c(c2)C(C)(C)CC(C)(C)CC3)cc1. The van der Waals surface area contributed by atoms with E-state index < -0.39 is 0 Å². The fourth-order valence-corrected chi connectivity index (χ4v) is 4.69. The van der Waals surface area contributed by atoms with Gasteiger partial charge >= 0.3 is 5.97 Å². The summed E-state index contributed by atoms with van der Waals surface area (Å²) in [5.41, 5.74) is 7.69. The lowest BCUT2D eigenvalue weighted by molar-refractivity contribution is 0.0600. The van der Waals surface area contributed by atoms with Crippen molar-refractivity contribution in [3.63, 3.8) is 0 Å². The number of hydrogen-bond donors (Lipinski definition) is 0. The first-order valence-electron chi connectivity index (χ1n) is 10.1. The molecule has 0 aliphatic heterocycles. The molecule has 0 atom stereocenters. The molecule has 0 saturated heterocycles. The summed E-state index contributed by atoms with van der Waals surface area (Å²) < 4.78 is 4.77. The van der Waals surface area contributed by atoms with E-state index in [-0.39, 0.29) is 11.4 Å². The van der Waals surface area contributed by atoms with Crippen molar-refractivity contribution in [2.45, 2.75) is 59.3 Å². The highest BCUT2D eigenvalue weighted by molar-refractivity contribution is 5.90. The summed E-state index contributed by atoms with van der Waals surface area (Å²) in [6.45, 7) is 11.7. The molecule has 0 fully saturated rings. The lowest BCUT2D eigenvalue weighted by atomic mass is 9.72. The number of allylic oxidation sites excluding steroid dienone is 1. The van der Waals surface area contributed by atoms with Gasteiger partial charge in [0.1, 0.15) is 0 Å². The molecule has 2 aromatic rings. The van der Waals surface area contributed by atoms with E-state index in [2.05, 4.69) is 58.9 Å². The number of methoxy groups -OCH3 is 1. The zero-order valence-corrected chi connectivity index (χ0v) is 18.1. The van der Waals surface area contributed by atoms with E-state index in [1.807, 2.05) is 24.3 Å². The minimum Gasteiger partial charge on any atom is -0.465 e. The number of carbonyl (C=O) groups excluding carboxylic acids is 1. The van der Waals surface area contributed by atoms with Crippen molar-refractivity contribution in [2.24, 2.45) is 5.41 Å². The summed E-state index contributed by atoms with van der Waals surface area (Å²) in [7, 11) is 1.40. The Morgan fingerprint density at radius 3 is 2.29 bits per heavy atom. The first-order valence-corrected chi connectivity index (χ1v) is 10.1. The highest BCUT2D eigenvalue weighted by Crippen LogP contribution is 2.44. The zero-order chi connectivity index (χ0) is 20.5. The van der Waals surface area contributed by atoms with Gasteiger partial charge in [-0.05, 0) is 77.0 Å². The monoisotopic (exact) mass is 376 g/mol. The molecular weight excluding hydrogens is 344 g/mol. The summed E-state index contributed by atoms with van der Waals surface area (Å²) in [5, 5.41) is 0. The van der Waals surface area contributed by atoms with Crippen LogP contribution in [-0.2, 0) is 16.6 Å². The standard InChI is InChI=1S/C26H32O2/c1-18(15-19-7-9-21(10-8-19)24(27)28-6)22-12-11-20-13-14-25(2,3)17-26(4,5)23(20)16-22/h7-12,15-16H,13-14,17H2,1-6H3. The lowest BCUT2D eigenvalue weighted by Gasteiger charge is -2.33. The van der Waals surface area contributed by atoms with Gasteiger partial charge in [-0.1, -0.05) is 64.1 Å². The fourth-order valence-electron chi connectivity index (χ4n) is 4.69. The molecule has 3 rings (SSSR count). The molecular formula is C26H32O2. The molecule has 0 spiro atoms. The van der Waals surface area contributed by atoms with E-state index in [1.165, 1.54) is 42.2 Å². The van der Waals surface area contributed by atoms with Crippen LogP contribution in [0, 0.1) is 5.41 Å². The summed E-state index contributed by atoms with van der Waals surface area (Å²) >= 11 is 0. The van der Waals surface area contributed by atoms with Crippen molar-refractivity contribution in [3.05, 3.63) is 70.3 Å². The molecule has 0 saturated carbocycles. The quantitative estimate of drug-likeness (QED) is 0.339. The van der Waals surface area contributed by atoms with Crippen LogP contribution in [0.5, 0.6) is 0 Å². The zero-order valence-electron chi connectivity index (χ0n) is 18.1. The molecule has 148 valence electrons. The van der Waals surface area contributed by atoms with Gasteiger partial charge in [-0.2, -0.15) is 0 Å². The molecule has 2 aromatic carbocycles. The summed E-state index contributed by atoms with van der Waals surface area (Å²) in [6.07, 6.45) is 5.78. The van der Waals surface area contributed by atoms with Crippen LogP contribution >= 0.6 is 0 Å². The third kappa shape index (κ3) is 4.38. The smallest absolute Gasteiger partial charge is 0.337 e. The number of ether oxygens (including phenoxy) is 1. The Morgan fingerprint density at radius 1 is 1.00 bits per heavy atom. The summed E-state index contributed by atoms with van der Waals surface area (Å²) in [6, 6.07) is 14.5. The second-order valence-electron chi connectivity index (χ2n) is 9.54. The van der Waals surface area contributed by atoms with Crippen molar-refractivity contribution in [1.29, 1.82) is 0 Å². The number of aryl methyl sites for hydroxylation is 1. The molecule has 28 heavy (non-hydrogen) atoms. The van der Waals surface area contributed by atoms with Gasteiger partial charge in [0.15, 0.2) is 0 Å². The van der Waals surface area contributed by atoms with Gasteiger partial charge in [-0.3, -0.25) is 0 Å². The Morgan fingerprint density at radius 2 is 1.64 bits per heavy atom. The number of fused-ring (bicyclic) bond motifs is 1. The van der Waals surface area contributed by atoms with Gasteiger partial charge in [-0.25, -0.2) is 4.79 Å². The Hall–Kier alpha value is -2.35. The Balaban J connectivity index is 1.92. The Labute approximate surface area is 169 Å². The van der Waals surface area contributed by atoms with Gasteiger partial charge in [-0.15, -0.1) is 0 Å². The number of esters is 1. The van der Waals surface area contributed by atoms with Gasteiger partial charge < -0.3 is 4.74 Å². The predicted molar refractivity (Wildman–Crippen MR) is 118 cm³/mol. The normalized spacial score (nSPS) is 18.1. The summed E-state index contributed by atoms with van der Waals surface area (Å²) in [5.74, 6) is -0.303. The number of rotatable bonds is 3. The molecule has 1 aliphatic carbocycles. The van der Waals surface area contributed by atoms with Crippen LogP contribution < -0.4 is 0 Å². The Bertz CT molecular complexity index is 899. The van der Waals surface area contributed by atoms with E-state index in [0.29, 0.717) is 11.0 Å². The van der Waals surface area contributed by atoms with E-state index in [1.54, 1.807) is 0 Å². The molecule has 0 radical (unpaired) electrons. The maximum absolute atomic E-state index is 11.6. The van der Waals surface area contributed by atoms with Crippen LogP contribution in [0.15, 0.2) is 42.5 Å². The third-order valence-corrected chi connectivity index (χ3v) is 6.00. The van der Waals surface area contributed by atoms with Crippen molar-refractivity contribution < 1.29 is 9.53 Å². The van der Waals surface area contributed by atoms with Crippen LogP contribution in [0.25, 0.3) is 11.6 Å². The molecule has 0 N–H and O–H groups in total. The van der Waals surface area contributed by atoms with Crippen LogP contribution in [-0.4, -0.2) is 13.1 Å². The van der Waals surface area contributed by atoms with Crippen molar-refractivity contribution in [3.8, 4) is 0 Å². The van der Waals surface area contributed by atoms with Crippen LogP contribution in [0.2, 0.25) is 0 Å². The highest BCUT2D eigenvalue weighted by atomic mass is 16.5. The first kappa shape index (κ1) is 20.4. The highest BCUT2D eigenvalue weighted by Gasteiger charge is 2.34. The molecule has 2 heteroatoms. The molecule has 0 unspecified atom stereocenters. The number of hydrogen-bond acceptors (Lipinski definition) is 2. The summed E-state index contributed by atoms with van der Waals surface area (Å²) in [4.78, 5) is 11.6. The number of carbonyl (C=O) groups is 1. The van der Waals surface area contributed by atoms with E-state index in [4.69, 9.17) is 4.74 Å². The molecule has 0 amide bonds. The van der Waals surface area contributed by atoms with Gasteiger partial charge in [0.2, 0.25) is 0 Å². The van der Waals surface area contributed by atoms with Crippen LogP contribution in [0.1, 0.15) is 80.1 Å². The topological polar surface area (TPSA) is 26.3 Å². The van der Waals surface area contributed by atoms with Crippen molar-refractivity contribution >= 4 is 17.6 Å². The average molecular weight is 377 g/mol. The van der Waals surface area contributed by atoms with E-state index >= 15 is 0 Å². The average Bonchev–Trinajstić information content (AvgIpc) is 2.74. The van der Waals surface area contributed by atoms with Crippen molar-refractivity contribution in [2.75, 3.05) is 7.11 Å². The molecule has 1 aliphatic rings. The van der Waals surface area contributed by atoms with Gasteiger partial charge in [0, 0.05) is 0 Å². The van der Waals surface area contributed by atoms with E-state index in [9.17, 15) is 4.79 Å². The minimum absolute atomic E-state index is 0.174. The largest absolute Gasteiger partial charge is 0.465 e. The second kappa shape index (κ2) is 7.58. The molecule has 0 aromatic heterocycles. The van der Waals surface area contributed by atoms with Crippen LogP contribution in [0.4, 0.5) is 0 Å². The van der Waals surface area contributed by atoms with Crippen molar-refractivity contribution in [1.82, 2.24) is 0 Å².